The first-order chi connectivity index (χ1) is 24.4. The number of guanidine groups is 1. The number of hydrogen-bond acceptors (Lipinski definition) is 5. The van der Waals surface area contributed by atoms with Gasteiger partial charge >= 0.3 is 5.97 Å². The van der Waals surface area contributed by atoms with E-state index in [1.165, 1.54) is 146 Å². The van der Waals surface area contributed by atoms with Crippen molar-refractivity contribution in [2.45, 2.75) is 232 Å². The van der Waals surface area contributed by atoms with E-state index in [0.717, 1.165) is 38.5 Å². The molecule has 0 aliphatic rings. The van der Waals surface area contributed by atoms with Crippen LogP contribution in [0.5, 0.6) is 0 Å². The van der Waals surface area contributed by atoms with Gasteiger partial charge in [-0.05, 0) is 32.6 Å². The third-order valence-electron chi connectivity index (χ3n) is 9.83. The molecule has 0 aliphatic carbocycles. The molecule has 0 fully saturated rings. The number of esters is 1. The lowest BCUT2D eigenvalue weighted by atomic mass is 10.0. The maximum atomic E-state index is 13.6. The Kier molecular flexibility index (Phi) is 35.1. The van der Waals surface area contributed by atoms with Gasteiger partial charge in [0.2, 0.25) is 11.8 Å². The topological polar surface area (TPSA) is 128 Å². The molecular weight excluding hydrogens is 624 g/mol. The van der Waals surface area contributed by atoms with Gasteiger partial charge in [-0.15, -0.1) is 0 Å². The maximum absolute atomic E-state index is 13.6. The van der Waals surface area contributed by atoms with Crippen LogP contribution in [-0.4, -0.2) is 47.8 Å². The number of carbonyl (C=O) groups excluding carboxylic acids is 3. The third-order valence-corrected chi connectivity index (χ3v) is 9.83. The number of carbonyl (C=O) groups is 3. The summed E-state index contributed by atoms with van der Waals surface area (Å²) in [5.41, 5.74) is 11.0. The van der Waals surface area contributed by atoms with Gasteiger partial charge in [0.05, 0.1) is 6.61 Å². The smallest absolute Gasteiger partial charge is 0.329 e. The first-order valence-corrected chi connectivity index (χ1v) is 21.5. The zero-order chi connectivity index (χ0) is 36.9. The molecule has 4 N–H and O–H groups in total. The van der Waals surface area contributed by atoms with Crippen LogP contribution in [0.4, 0.5) is 0 Å². The number of nitrogens with zero attached hydrogens (tertiary/aromatic N) is 2. The highest BCUT2D eigenvalue weighted by atomic mass is 16.5. The van der Waals surface area contributed by atoms with Crippen molar-refractivity contribution in [1.29, 1.82) is 0 Å². The third kappa shape index (κ3) is 29.6. The van der Waals surface area contributed by atoms with Crippen LogP contribution in [0.1, 0.15) is 226 Å². The van der Waals surface area contributed by atoms with Crippen molar-refractivity contribution >= 4 is 23.7 Å². The summed E-state index contributed by atoms with van der Waals surface area (Å²) in [6.07, 6.45) is 36.0. The molecule has 2 amide bonds. The van der Waals surface area contributed by atoms with Gasteiger partial charge in [0, 0.05) is 19.4 Å². The number of ether oxygens (including phenoxy) is 1. The van der Waals surface area contributed by atoms with Crippen LogP contribution in [0, 0.1) is 0 Å². The zero-order valence-corrected chi connectivity index (χ0v) is 33.3. The quantitative estimate of drug-likeness (QED) is 0.0286. The number of aliphatic imine (C=N–C) groups is 1. The highest BCUT2D eigenvalue weighted by Gasteiger charge is 2.34. The summed E-state index contributed by atoms with van der Waals surface area (Å²) in [5.74, 6) is -1.07. The maximum Gasteiger partial charge on any atom is 0.329 e. The van der Waals surface area contributed by atoms with E-state index in [0.29, 0.717) is 13.0 Å². The fraction of sp³-hybridized carbons (Fsp3) is 0.905. The van der Waals surface area contributed by atoms with Crippen molar-refractivity contribution in [3.63, 3.8) is 0 Å². The molecule has 0 saturated carbocycles. The fourth-order valence-electron chi connectivity index (χ4n) is 6.75. The van der Waals surface area contributed by atoms with E-state index in [9.17, 15) is 14.4 Å². The summed E-state index contributed by atoms with van der Waals surface area (Å²) in [4.78, 5) is 45.5. The molecule has 0 rings (SSSR count). The van der Waals surface area contributed by atoms with E-state index < -0.39 is 12.0 Å². The molecular formula is C42H82N4O4. The van der Waals surface area contributed by atoms with Gasteiger partial charge in [-0.3, -0.25) is 19.5 Å². The molecule has 8 nitrogen and oxygen atoms in total. The molecule has 0 aromatic carbocycles. The summed E-state index contributed by atoms with van der Waals surface area (Å²) < 4.78 is 5.35. The number of imide groups is 1. The standard InChI is InChI=1S/C42H82N4O4/c1-4-7-9-11-13-15-17-19-20-22-24-26-28-30-32-36-40(48)46(38(41(49)50-6-3)34-33-37-45-42(43)44)39(47)35-31-29-27-25-23-21-18-16-14-12-10-8-5-2/h38H,4-37H2,1-3H3,(H4,43,44,45)/t38-/m0/s1. The van der Waals surface area contributed by atoms with Gasteiger partial charge in [0.25, 0.3) is 0 Å². The summed E-state index contributed by atoms with van der Waals surface area (Å²) in [5, 5.41) is 0. The lowest BCUT2D eigenvalue weighted by Gasteiger charge is -2.29. The van der Waals surface area contributed by atoms with Gasteiger partial charge in [0.15, 0.2) is 5.96 Å². The first kappa shape index (κ1) is 47.9. The Morgan fingerprint density at radius 3 is 1.12 bits per heavy atom. The SMILES string of the molecule is CCCCCCCCCCCCCCCCCC(=O)N(C(=O)CCCCCCCCCCCCCCC)[C@@H](CCCN=C(N)N)C(=O)OCC. The molecule has 0 saturated heterocycles. The van der Waals surface area contributed by atoms with Crippen molar-refractivity contribution in [3.8, 4) is 0 Å². The van der Waals surface area contributed by atoms with Crippen molar-refractivity contribution in [2.75, 3.05) is 13.2 Å². The average molecular weight is 707 g/mol. The van der Waals surface area contributed by atoms with Crippen LogP contribution in [0.25, 0.3) is 0 Å². The zero-order valence-electron chi connectivity index (χ0n) is 33.3. The lowest BCUT2D eigenvalue weighted by molar-refractivity contribution is -0.161. The van der Waals surface area contributed by atoms with Crippen LogP contribution in [-0.2, 0) is 19.1 Å². The second kappa shape index (κ2) is 36.7. The molecule has 1 atom stereocenters. The Balaban J connectivity index is 4.69. The predicted molar refractivity (Wildman–Crippen MR) is 212 cm³/mol. The minimum Gasteiger partial charge on any atom is -0.464 e. The van der Waals surface area contributed by atoms with Crippen molar-refractivity contribution < 1.29 is 19.1 Å². The highest BCUT2D eigenvalue weighted by molar-refractivity contribution is 5.99. The van der Waals surface area contributed by atoms with Crippen molar-refractivity contribution in [3.05, 3.63) is 0 Å². The molecule has 0 radical (unpaired) electrons. The predicted octanol–water partition coefficient (Wildman–Crippen LogP) is 11.1. The molecule has 0 spiro atoms. The van der Waals surface area contributed by atoms with E-state index in [1.54, 1.807) is 6.92 Å². The van der Waals surface area contributed by atoms with Crippen LogP contribution in [0.15, 0.2) is 4.99 Å². The monoisotopic (exact) mass is 707 g/mol. The number of hydrogen-bond donors (Lipinski definition) is 2. The molecule has 0 aliphatic heterocycles. The van der Waals surface area contributed by atoms with Crippen LogP contribution < -0.4 is 11.5 Å². The van der Waals surface area contributed by atoms with Crippen LogP contribution in [0.2, 0.25) is 0 Å². The summed E-state index contributed by atoms with van der Waals surface area (Å²) in [6, 6.07) is -0.942. The second-order valence-corrected chi connectivity index (χ2v) is 14.6. The molecule has 0 heterocycles. The molecule has 0 aromatic rings. The number of amides is 2. The van der Waals surface area contributed by atoms with Crippen LogP contribution in [0.3, 0.4) is 0 Å². The van der Waals surface area contributed by atoms with Crippen LogP contribution >= 0.6 is 0 Å². The van der Waals surface area contributed by atoms with E-state index >= 15 is 0 Å². The van der Waals surface area contributed by atoms with Gasteiger partial charge in [-0.2, -0.15) is 0 Å². The number of nitrogens with two attached hydrogens (primary N) is 2. The Bertz CT molecular complexity index is 831. The van der Waals surface area contributed by atoms with E-state index in [4.69, 9.17) is 16.2 Å². The summed E-state index contributed by atoms with van der Waals surface area (Å²) in [6.45, 7) is 6.78. The van der Waals surface area contributed by atoms with Crippen molar-refractivity contribution in [2.24, 2.45) is 16.5 Å². The average Bonchev–Trinajstić information content (AvgIpc) is 3.09. The van der Waals surface area contributed by atoms with E-state index in [2.05, 4.69) is 18.8 Å². The molecule has 8 heteroatoms. The van der Waals surface area contributed by atoms with Gasteiger partial charge in [-0.25, -0.2) is 4.79 Å². The number of rotatable bonds is 37. The van der Waals surface area contributed by atoms with Gasteiger partial charge in [-0.1, -0.05) is 181 Å². The summed E-state index contributed by atoms with van der Waals surface area (Å²) >= 11 is 0. The van der Waals surface area contributed by atoms with Crippen molar-refractivity contribution in [1.82, 2.24) is 4.90 Å². The molecule has 294 valence electrons. The minimum atomic E-state index is -0.942. The Hall–Kier alpha value is -2.12. The van der Waals surface area contributed by atoms with Gasteiger partial charge < -0.3 is 16.2 Å². The van der Waals surface area contributed by atoms with E-state index in [-0.39, 0.29) is 43.6 Å². The van der Waals surface area contributed by atoms with E-state index in [1.807, 2.05) is 0 Å². The summed E-state index contributed by atoms with van der Waals surface area (Å²) in [7, 11) is 0. The largest absolute Gasteiger partial charge is 0.464 e. The lowest BCUT2D eigenvalue weighted by Crippen LogP contribution is -2.49. The Morgan fingerprint density at radius 2 is 0.820 bits per heavy atom. The molecule has 0 unspecified atom stereocenters. The minimum absolute atomic E-state index is 0.0164. The highest BCUT2D eigenvalue weighted by Crippen LogP contribution is 2.19. The Morgan fingerprint density at radius 1 is 0.500 bits per heavy atom. The molecule has 0 bridgehead atoms. The molecule has 50 heavy (non-hydrogen) atoms. The molecule has 0 aromatic heterocycles. The first-order valence-electron chi connectivity index (χ1n) is 21.5. The Labute approximate surface area is 309 Å². The van der Waals surface area contributed by atoms with Gasteiger partial charge in [0.1, 0.15) is 6.04 Å². The fourth-order valence-corrected chi connectivity index (χ4v) is 6.75. The normalized spacial score (nSPS) is 11.7. The number of unbranched alkanes of at least 4 members (excludes halogenated alkanes) is 26. The second-order valence-electron chi connectivity index (χ2n) is 14.6.